The van der Waals surface area contributed by atoms with Crippen molar-refractivity contribution in [2.45, 2.75) is 6.36 Å². The minimum absolute atomic E-state index is 0.246. The molecule has 1 amide bonds. The fraction of sp³-hybridized carbons (Fsp3) is 0.286. The Bertz CT molecular complexity index is 674. The Morgan fingerprint density at radius 1 is 1.29 bits per heavy atom. The molecule has 2 rings (SSSR count). The lowest BCUT2D eigenvalue weighted by Crippen LogP contribution is -2.27. The third kappa shape index (κ3) is 5.70. The number of hydrogen-bond acceptors (Lipinski definition) is 6. The van der Waals surface area contributed by atoms with Crippen LogP contribution in [0.1, 0.15) is 10.5 Å². The predicted octanol–water partition coefficient (Wildman–Crippen LogP) is 3.16. The van der Waals surface area contributed by atoms with Gasteiger partial charge >= 0.3 is 6.36 Å². The number of alkyl halides is 3. The summed E-state index contributed by atoms with van der Waals surface area (Å²) in [5.74, 6) is -0.643. The monoisotopic (exact) mass is 361 g/mol. The SMILES string of the molecule is COCCNC(=O)c1csc(Nc2ccc(OC(F)(F)F)cc2)n1. The summed E-state index contributed by atoms with van der Waals surface area (Å²) < 4.78 is 44.9. The maximum atomic E-state index is 12.1. The van der Waals surface area contributed by atoms with E-state index in [9.17, 15) is 18.0 Å². The van der Waals surface area contributed by atoms with E-state index in [0.717, 1.165) is 0 Å². The maximum Gasteiger partial charge on any atom is 0.573 e. The van der Waals surface area contributed by atoms with Crippen LogP contribution in [0.2, 0.25) is 0 Å². The molecule has 2 aromatic rings. The number of ether oxygens (including phenoxy) is 2. The van der Waals surface area contributed by atoms with Gasteiger partial charge in [0.2, 0.25) is 0 Å². The van der Waals surface area contributed by atoms with E-state index in [-0.39, 0.29) is 17.4 Å². The van der Waals surface area contributed by atoms with E-state index in [0.29, 0.717) is 24.0 Å². The second-order valence-corrected chi connectivity index (χ2v) is 5.34. The summed E-state index contributed by atoms with van der Waals surface area (Å²) in [6.07, 6.45) is -4.73. The molecule has 130 valence electrons. The van der Waals surface area contributed by atoms with E-state index < -0.39 is 6.36 Å². The molecule has 24 heavy (non-hydrogen) atoms. The zero-order valence-corrected chi connectivity index (χ0v) is 13.3. The molecule has 1 aromatic carbocycles. The van der Waals surface area contributed by atoms with E-state index in [1.54, 1.807) is 5.38 Å². The second-order valence-electron chi connectivity index (χ2n) is 4.48. The second kappa shape index (κ2) is 7.97. The number of halogens is 3. The van der Waals surface area contributed by atoms with Crippen LogP contribution in [0.4, 0.5) is 24.0 Å². The van der Waals surface area contributed by atoms with Crippen LogP contribution in [0.5, 0.6) is 5.75 Å². The summed E-state index contributed by atoms with van der Waals surface area (Å²) in [6, 6.07) is 5.20. The highest BCUT2D eigenvalue weighted by molar-refractivity contribution is 7.14. The van der Waals surface area contributed by atoms with Gasteiger partial charge in [0, 0.05) is 24.7 Å². The van der Waals surface area contributed by atoms with Crippen molar-refractivity contribution in [2.75, 3.05) is 25.6 Å². The number of methoxy groups -OCH3 is 1. The average Bonchev–Trinajstić information content (AvgIpc) is 2.96. The van der Waals surface area contributed by atoms with Crippen LogP contribution < -0.4 is 15.4 Å². The van der Waals surface area contributed by atoms with Gasteiger partial charge in [-0.15, -0.1) is 24.5 Å². The highest BCUT2D eigenvalue weighted by Gasteiger charge is 2.30. The van der Waals surface area contributed by atoms with Crippen LogP contribution in [-0.4, -0.2) is 37.5 Å². The predicted molar refractivity (Wildman–Crippen MR) is 82.7 cm³/mol. The van der Waals surface area contributed by atoms with Crippen LogP contribution in [0.25, 0.3) is 0 Å². The zero-order chi connectivity index (χ0) is 17.6. The van der Waals surface area contributed by atoms with Gasteiger partial charge in [-0.05, 0) is 24.3 Å². The van der Waals surface area contributed by atoms with E-state index in [1.807, 2.05) is 0 Å². The molecule has 6 nitrogen and oxygen atoms in total. The third-order valence-electron chi connectivity index (χ3n) is 2.67. The first kappa shape index (κ1) is 18.0. The van der Waals surface area contributed by atoms with Gasteiger partial charge in [-0.1, -0.05) is 0 Å². The number of amides is 1. The molecule has 2 N–H and O–H groups in total. The lowest BCUT2D eigenvalue weighted by molar-refractivity contribution is -0.274. The highest BCUT2D eigenvalue weighted by atomic mass is 32.1. The van der Waals surface area contributed by atoms with Crippen LogP contribution in [0.15, 0.2) is 29.6 Å². The average molecular weight is 361 g/mol. The molecule has 1 aromatic heterocycles. The summed E-state index contributed by atoms with van der Waals surface area (Å²) in [6.45, 7) is 0.767. The van der Waals surface area contributed by atoms with E-state index in [4.69, 9.17) is 4.74 Å². The third-order valence-corrected chi connectivity index (χ3v) is 3.43. The van der Waals surface area contributed by atoms with Gasteiger partial charge in [-0.3, -0.25) is 4.79 Å². The van der Waals surface area contributed by atoms with Crippen LogP contribution in [-0.2, 0) is 4.74 Å². The first-order chi connectivity index (χ1) is 11.4. The number of nitrogens with zero attached hydrogens (tertiary/aromatic N) is 1. The Hall–Kier alpha value is -2.33. The summed E-state index contributed by atoms with van der Waals surface area (Å²) in [5, 5.41) is 7.55. The standard InChI is InChI=1S/C14H14F3N3O3S/c1-22-7-6-18-12(21)11-8-24-13(20-11)19-9-2-4-10(5-3-9)23-14(15,16)17/h2-5,8H,6-7H2,1H3,(H,18,21)(H,19,20). The van der Waals surface area contributed by atoms with Crippen LogP contribution in [0, 0.1) is 0 Å². The Balaban J connectivity index is 1.93. The molecule has 0 aliphatic carbocycles. The molecule has 1 heterocycles. The Kier molecular flexibility index (Phi) is 5.99. The molecule has 10 heteroatoms. The fourth-order valence-electron chi connectivity index (χ4n) is 1.66. The van der Waals surface area contributed by atoms with Crippen molar-refractivity contribution in [1.29, 1.82) is 0 Å². The van der Waals surface area contributed by atoms with E-state index in [1.165, 1.54) is 42.7 Å². The van der Waals surface area contributed by atoms with E-state index in [2.05, 4.69) is 20.4 Å². The summed E-state index contributed by atoms with van der Waals surface area (Å²) >= 11 is 1.20. The van der Waals surface area contributed by atoms with Crippen molar-refractivity contribution in [2.24, 2.45) is 0 Å². The maximum absolute atomic E-state index is 12.1. The molecule has 0 radical (unpaired) electrons. The largest absolute Gasteiger partial charge is 0.573 e. The molecule has 0 atom stereocenters. The number of carbonyl (C=O) groups is 1. The first-order valence-electron chi connectivity index (χ1n) is 6.73. The van der Waals surface area contributed by atoms with Crippen molar-refractivity contribution in [3.05, 3.63) is 35.3 Å². The molecule has 0 aliphatic rings. The van der Waals surface area contributed by atoms with Crippen LogP contribution >= 0.6 is 11.3 Å². The Labute approximate surface area is 139 Å². The molecule has 0 bridgehead atoms. The molecule has 0 aliphatic heterocycles. The summed E-state index contributed by atoms with van der Waals surface area (Å²) in [7, 11) is 1.53. The molecule has 0 saturated carbocycles. The summed E-state index contributed by atoms with van der Waals surface area (Å²) in [5.41, 5.74) is 0.765. The molecule has 0 unspecified atom stereocenters. The number of anilines is 2. The Morgan fingerprint density at radius 2 is 2.00 bits per heavy atom. The topological polar surface area (TPSA) is 72.5 Å². The molecular weight excluding hydrogens is 347 g/mol. The number of aromatic nitrogens is 1. The van der Waals surface area contributed by atoms with Gasteiger partial charge in [0.25, 0.3) is 5.91 Å². The van der Waals surface area contributed by atoms with Crippen molar-refractivity contribution in [3.8, 4) is 5.75 Å². The van der Waals surface area contributed by atoms with Crippen LogP contribution in [0.3, 0.4) is 0 Å². The van der Waals surface area contributed by atoms with Gasteiger partial charge in [-0.25, -0.2) is 4.98 Å². The number of nitrogens with one attached hydrogen (secondary N) is 2. The molecule has 0 saturated heterocycles. The van der Waals surface area contributed by atoms with Gasteiger partial charge in [0.15, 0.2) is 5.13 Å². The molecule has 0 fully saturated rings. The lowest BCUT2D eigenvalue weighted by Gasteiger charge is -2.09. The van der Waals surface area contributed by atoms with E-state index >= 15 is 0 Å². The fourth-order valence-corrected chi connectivity index (χ4v) is 2.37. The van der Waals surface area contributed by atoms with Crippen molar-refractivity contribution < 1.29 is 27.4 Å². The number of rotatable bonds is 7. The Morgan fingerprint density at radius 3 is 2.62 bits per heavy atom. The van der Waals surface area contributed by atoms with Gasteiger partial charge in [0.1, 0.15) is 11.4 Å². The van der Waals surface area contributed by atoms with Gasteiger partial charge in [0.05, 0.1) is 6.61 Å². The minimum Gasteiger partial charge on any atom is -0.406 e. The van der Waals surface area contributed by atoms with Crippen molar-refractivity contribution in [3.63, 3.8) is 0 Å². The number of benzene rings is 1. The molecule has 0 spiro atoms. The van der Waals surface area contributed by atoms with Crippen molar-refractivity contribution in [1.82, 2.24) is 10.3 Å². The van der Waals surface area contributed by atoms with Gasteiger partial charge < -0.3 is 20.1 Å². The number of thiazole rings is 1. The smallest absolute Gasteiger partial charge is 0.406 e. The quantitative estimate of drug-likeness (QED) is 0.741. The highest BCUT2D eigenvalue weighted by Crippen LogP contribution is 2.26. The normalized spacial score (nSPS) is 11.2. The van der Waals surface area contributed by atoms with Crippen molar-refractivity contribution >= 4 is 28.1 Å². The number of hydrogen-bond donors (Lipinski definition) is 2. The lowest BCUT2D eigenvalue weighted by atomic mass is 10.3. The zero-order valence-electron chi connectivity index (χ0n) is 12.5. The minimum atomic E-state index is -4.73. The first-order valence-corrected chi connectivity index (χ1v) is 7.61. The molecular formula is C14H14F3N3O3S. The summed E-state index contributed by atoms with van der Waals surface area (Å²) in [4.78, 5) is 15.9. The van der Waals surface area contributed by atoms with Gasteiger partial charge in [-0.2, -0.15) is 0 Å². The number of carbonyl (C=O) groups excluding carboxylic acids is 1.